The molecule has 8 heteroatoms. The van der Waals surface area contributed by atoms with Crippen LogP contribution in [0.25, 0.3) is 0 Å². The lowest BCUT2D eigenvalue weighted by Crippen LogP contribution is -2.43. The van der Waals surface area contributed by atoms with Crippen LogP contribution in [0.1, 0.15) is 22.0 Å². The normalized spacial score (nSPS) is 14.7. The molecule has 2 aliphatic heterocycles. The topological polar surface area (TPSA) is 79.9 Å². The number of nitrogens with one attached hydrogen (secondary N) is 2. The van der Waals surface area contributed by atoms with Gasteiger partial charge in [0.25, 0.3) is 0 Å². The van der Waals surface area contributed by atoms with Crippen LogP contribution in [0.2, 0.25) is 0 Å². The summed E-state index contributed by atoms with van der Waals surface area (Å²) in [5.41, 5.74) is 3.33. The van der Waals surface area contributed by atoms with Crippen LogP contribution in [0.4, 0.5) is 5.69 Å². The summed E-state index contributed by atoms with van der Waals surface area (Å²) in [5.74, 6) is 0.0287. The zero-order valence-corrected chi connectivity index (χ0v) is 18.2. The molecule has 164 valence electrons. The second-order valence-electron chi connectivity index (χ2n) is 7.68. The van der Waals surface area contributed by atoms with Gasteiger partial charge in [-0.1, -0.05) is 30.3 Å². The molecule has 0 bridgehead atoms. The molecule has 7 nitrogen and oxygen atoms in total. The van der Waals surface area contributed by atoms with Crippen LogP contribution in [-0.2, 0) is 22.6 Å². The monoisotopic (exact) mass is 449 g/mol. The van der Waals surface area contributed by atoms with Crippen LogP contribution in [0, 0.1) is 0 Å². The van der Waals surface area contributed by atoms with Crippen molar-refractivity contribution in [1.29, 1.82) is 0 Å². The van der Waals surface area contributed by atoms with Crippen molar-refractivity contribution >= 4 is 28.8 Å². The van der Waals surface area contributed by atoms with Crippen molar-refractivity contribution in [2.75, 3.05) is 24.8 Å². The van der Waals surface area contributed by atoms with Crippen molar-refractivity contribution in [2.45, 2.75) is 19.0 Å². The van der Waals surface area contributed by atoms with E-state index in [4.69, 9.17) is 9.47 Å². The van der Waals surface area contributed by atoms with Gasteiger partial charge in [0.2, 0.25) is 6.79 Å². The fourth-order valence-electron chi connectivity index (χ4n) is 4.12. The van der Waals surface area contributed by atoms with E-state index in [0.717, 1.165) is 23.4 Å². The van der Waals surface area contributed by atoms with E-state index in [1.807, 2.05) is 23.6 Å². The first-order chi connectivity index (χ1) is 15.7. The number of ether oxygens (including phenoxy) is 2. The highest BCUT2D eigenvalue weighted by Crippen LogP contribution is 2.36. The fraction of sp³-hybridized carbons (Fsp3) is 0.250. The minimum Gasteiger partial charge on any atom is -0.454 e. The molecule has 2 aliphatic rings. The number of carbonyl (C=O) groups is 2. The molecule has 1 aromatic heterocycles. The summed E-state index contributed by atoms with van der Waals surface area (Å²) in [7, 11) is 0. The molecule has 0 saturated carbocycles. The number of hydrogen-bond donors (Lipinski definition) is 2. The summed E-state index contributed by atoms with van der Waals surface area (Å²) in [4.78, 5) is 28.3. The number of anilines is 1. The third-order valence-electron chi connectivity index (χ3n) is 5.72. The molecule has 0 radical (unpaired) electrons. The van der Waals surface area contributed by atoms with Crippen molar-refractivity contribution in [1.82, 2.24) is 10.6 Å². The average Bonchev–Trinajstić information content (AvgIpc) is 3.58. The van der Waals surface area contributed by atoms with Gasteiger partial charge in [-0.3, -0.25) is 9.59 Å². The van der Waals surface area contributed by atoms with Crippen molar-refractivity contribution in [3.05, 3.63) is 76.0 Å². The third kappa shape index (κ3) is 4.13. The summed E-state index contributed by atoms with van der Waals surface area (Å²) >= 11 is 1.65. The van der Waals surface area contributed by atoms with Crippen molar-refractivity contribution in [2.24, 2.45) is 0 Å². The lowest BCUT2D eigenvalue weighted by molar-refractivity contribution is -0.139. The molecule has 2 aromatic carbocycles. The Morgan fingerprint density at radius 3 is 2.72 bits per heavy atom. The summed E-state index contributed by atoms with van der Waals surface area (Å²) in [5, 5.41) is 7.53. The Bertz CT molecular complexity index is 1130. The number of fused-ring (bicyclic) bond motifs is 2. The molecule has 3 heterocycles. The van der Waals surface area contributed by atoms with E-state index in [2.05, 4.69) is 39.8 Å². The van der Waals surface area contributed by atoms with E-state index in [9.17, 15) is 9.59 Å². The van der Waals surface area contributed by atoms with Crippen LogP contribution in [0.15, 0.2) is 60.0 Å². The van der Waals surface area contributed by atoms with Crippen molar-refractivity contribution < 1.29 is 19.1 Å². The summed E-state index contributed by atoms with van der Waals surface area (Å²) in [6.07, 6.45) is 0.974. The minimum absolute atomic E-state index is 0.0238. The van der Waals surface area contributed by atoms with Gasteiger partial charge in [-0.15, -0.1) is 11.3 Å². The second kappa shape index (κ2) is 8.92. The Balaban J connectivity index is 1.21. The zero-order chi connectivity index (χ0) is 21.9. The zero-order valence-electron chi connectivity index (χ0n) is 17.4. The van der Waals surface area contributed by atoms with E-state index in [-0.39, 0.29) is 19.4 Å². The largest absolute Gasteiger partial charge is 0.454 e. The molecule has 0 saturated heterocycles. The molecule has 1 atom stereocenters. The van der Waals surface area contributed by atoms with E-state index in [1.165, 1.54) is 11.3 Å². The van der Waals surface area contributed by atoms with Gasteiger partial charge in [0.1, 0.15) is 0 Å². The Morgan fingerprint density at radius 2 is 1.84 bits per heavy atom. The summed E-state index contributed by atoms with van der Waals surface area (Å²) in [6.45, 7) is 1.66. The second-order valence-corrected chi connectivity index (χ2v) is 8.66. The predicted octanol–water partition coefficient (Wildman–Crippen LogP) is 3.01. The number of hydrogen-bond acceptors (Lipinski definition) is 6. The molecule has 0 aliphatic carbocycles. The SMILES string of the molecule is O=C(NCc1ccc2c(c1)OCO2)C(=O)NC[C@H](c1cccs1)N1CCc2ccccc21. The van der Waals surface area contributed by atoms with Crippen molar-refractivity contribution in [3.63, 3.8) is 0 Å². The molecule has 5 rings (SSSR count). The number of carbonyl (C=O) groups excluding carboxylic acids is 2. The minimum atomic E-state index is -0.658. The van der Waals surface area contributed by atoms with Gasteiger partial charge < -0.3 is 25.0 Å². The number of nitrogens with zero attached hydrogens (tertiary/aromatic N) is 1. The maximum atomic E-state index is 12.5. The van der Waals surface area contributed by atoms with Crippen LogP contribution in [-0.4, -0.2) is 31.7 Å². The van der Waals surface area contributed by atoms with Crippen LogP contribution >= 0.6 is 11.3 Å². The lowest BCUT2D eigenvalue weighted by Gasteiger charge is -2.30. The smallest absolute Gasteiger partial charge is 0.309 e. The quantitative estimate of drug-likeness (QED) is 0.566. The number of benzene rings is 2. The third-order valence-corrected chi connectivity index (χ3v) is 6.70. The number of rotatable bonds is 6. The molecule has 2 N–H and O–H groups in total. The van der Waals surface area contributed by atoms with E-state index in [0.29, 0.717) is 18.0 Å². The Kier molecular flexibility index (Phi) is 5.68. The first kappa shape index (κ1) is 20.4. The van der Waals surface area contributed by atoms with E-state index in [1.54, 1.807) is 23.5 Å². The maximum Gasteiger partial charge on any atom is 0.309 e. The molecular formula is C24H23N3O4S. The molecular weight excluding hydrogens is 426 g/mol. The molecule has 0 unspecified atom stereocenters. The van der Waals surface area contributed by atoms with Crippen LogP contribution in [0.3, 0.4) is 0 Å². The number of para-hydroxylation sites is 1. The Morgan fingerprint density at radius 1 is 1.00 bits per heavy atom. The highest BCUT2D eigenvalue weighted by molar-refractivity contribution is 7.10. The average molecular weight is 450 g/mol. The highest BCUT2D eigenvalue weighted by atomic mass is 32.1. The van der Waals surface area contributed by atoms with Crippen LogP contribution < -0.4 is 25.0 Å². The molecule has 0 spiro atoms. The van der Waals surface area contributed by atoms with Gasteiger partial charge in [-0.2, -0.15) is 0 Å². The molecule has 3 aromatic rings. The first-order valence-electron chi connectivity index (χ1n) is 10.5. The standard InChI is InChI=1S/C24H23N3O4S/c28-23(25-13-16-7-8-20-21(12-16)31-15-30-20)24(29)26-14-19(22-6-3-11-32-22)27-10-9-17-4-1-2-5-18(17)27/h1-8,11-12,19H,9-10,13-15H2,(H,25,28)(H,26,29)/t19-/m1/s1. The van der Waals surface area contributed by atoms with Gasteiger partial charge in [-0.05, 0) is 47.2 Å². The Labute approximate surface area is 190 Å². The first-order valence-corrected chi connectivity index (χ1v) is 11.4. The lowest BCUT2D eigenvalue weighted by atomic mass is 10.1. The fourth-order valence-corrected chi connectivity index (χ4v) is 4.96. The Hall–Kier alpha value is -3.52. The van der Waals surface area contributed by atoms with Gasteiger partial charge in [-0.25, -0.2) is 0 Å². The van der Waals surface area contributed by atoms with Crippen molar-refractivity contribution in [3.8, 4) is 11.5 Å². The maximum absolute atomic E-state index is 12.5. The number of amides is 2. The van der Waals surface area contributed by atoms with Gasteiger partial charge >= 0.3 is 11.8 Å². The molecule has 2 amide bonds. The number of thiophene rings is 1. The predicted molar refractivity (Wildman–Crippen MR) is 122 cm³/mol. The van der Waals surface area contributed by atoms with Gasteiger partial charge in [0.05, 0.1) is 6.04 Å². The summed E-state index contributed by atoms with van der Waals surface area (Å²) < 4.78 is 10.6. The summed E-state index contributed by atoms with van der Waals surface area (Å²) in [6, 6.07) is 17.8. The van der Waals surface area contributed by atoms with E-state index < -0.39 is 11.8 Å². The van der Waals surface area contributed by atoms with Gasteiger partial charge in [0, 0.05) is 30.2 Å². The van der Waals surface area contributed by atoms with Crippen LogP contribution in [0.5, 0.6) is 11.5 Å². The molecule has 0 fully saturated rings. The van der Waals surface area contributed by atoms with E-state index >= 15 is 0 Å². The molecule has 32 heavy (non-hydrogen) atoms. The highest BCUT2D eigenvalue weighted by Gasteiger charge is 2.28. The van der Waals surface area contributed by atoms with Gasteiger partial charge in [0.15, 0.2) is 11.5 Å².